The van der Waals surface area contributed by atoms with Crippen molar-refractivity contribution in [3.8, 4) is 0 Å². The maximum Gasteiger partial charge on any atom is 0.170 e. The first kappa shape index (κ1) is 14.7. The lowest BCUT2D eigenvalue weighted by molar-refractivity contribution is 0.0787. The van der Waals surface area contributed by atoms with Crippen molar-refractivity contribution in [2.75, 3.05) is 6.54 Å². The zero-order chi connectivity index (χ0) is 14.8. The van der Waals surface area contributed by atoms with Crippen molar-refractivity contribution in [3.63, 3.8) is 0 Å². The molecule has 2 aromatic rings. The molecule has 106 valence electrons. The Morgan fingerprint density at radius 3 is 2.50 bits per heavy atom. The standard InChI is InChI=1S/C17H22N2O/c1-4-17(5-2,11-18)16(20)14-8-9-15-13(10-14)7-6-12(3)19-15/h6-10H,4-5,11,18H2,1-3H3. The van der Waals surface area contributed by atoms with Gasteiger partial charge in [-0.25, -0.2) is 0 Å². The largest absolute Gasteiger partial charge is 0.329 e. The van der Waals surface area contributed by atoms with Crippen LogP contribution >= 0.6 is 0 Å². The fourth-order valence-electron chi connectivity index (χ4n) is 2.63. The highest BCUT2D eigenvalue weighted by Gasteiger charge is 2.33. The van der Waals surface area contributed by atoms with Gasteiger partial charge in [-0.2, -0.15) is 0 Å². The summed E-state index contributed by atoms with van der Waals surface area (Å²) < 4.78 is 0. The molecule has 0 saturated heterocycles. The molecule has 0 aliphatic heterocycles. The SMILES string of the molecule is CCC(CC)(CN)C(=O)c1ccc2nc(C)ccc2c1. The highest BCUT2D eigenvalue weighted by atomic mass is 16.1. The minimum absolute atomic E-state index is 0.146. The summed E-state index contributed by atoms with van der Waals surface area (Å²) in [6.45, 7) is 6.41. The van der Waals surface area contributed by atoms with Crippen LogP contribution in [0.2, 0.25) is 0 Å². The van der Waals surface area contributed by atoms with Crippen LogP contribution in [0.1, 0.15) is 42.7 Å². The number of Topliss-reactive ketones (excluding diaryl/α,β-unsaturated/α-hetero) is 1. The number of pyridine rings is 1. The van der Waals surface area contributed by atoms with E-state index in [-0.39, 0.29) is 5.78 Å². The van der Waals surface area contributed by atoms with Crippen LogP contribution in [0, 0.1) is 12.3 Å². The first-order valence-corrected chi connectivity index (χ1v) is 7.18. The number of aromatic nitrogens is 1. The van der Waals surface area contributed by atoms with Gasteiger partial charge in [0.15, 0.2) is 5.78 Å². The van der Waals surface area contributed by atoms with Crippen molar-refractivity contribution in [2.45, 2.75) is 33.6 Å². The Labute approximate surface area is 120 Å². The number of nitrogens with two attached hydrogens (primary N) is 1. The van der Waals surface area contributed by atoms with E-state index in [9.17, 15) is 4.79 Å². The molecule has 0 spiro atoms. The van der Waals surface area contributed by atoms with E-state index in [1.165, 1.54) is 0 Å². The average molecular weight is 270 g/mol. The molecular formula is C17H22N2O. The number of carbonyl (C=O) groups is 1. The van der Waals surface area contributed by atoms with Gasteiger partial charge in [0, 0.05) is 28.6 Å². The van der Waals surface area contributed by atoms with Gasteiger partial charge in [-0.05, 0) is 44.0 Å². The summed E-state index contributed by atoms with van der Waals surface area (Å²) in [6, 6.07) is 9.69. The van der Waals surface area contributed by atoms with E-state index in [1.54, 1.807) is 0 Å². The minimum atomic E-state index is -0.439. The lowest BCUT2D eigenvalue weighted by Gasteiger charge is -2.28. The van der Waals surface area contributed by atoms with Crippen molar-refractivity contribution in [1.82, 2.24) is 4.98 Å². The van der Waals surface area contributed by atoms with E-state index in [0.717, 1.165) is 35.0 Å². The number of rotatable bonds is 5. The first-order valence-electron chi connectivity index (χ1n) is 7.18. The maximum absolute atomic E-state index is 12.8. The fraction of sp³-hybridized carbons (Fsp3) is 0.412. The molecule has 2 N–H and O–H groups in total. The lowest BCUT2D eigenvalue weighted by atomic mass is 9.76. The number of hydrogen-bond donors (Lipinski definition) is 1. The average Bonchev–Trinajstić information content (AvgIpc) is 2.49. The van der Waals surface area contributed by atoms with Crippen LogP contribution in [0.4, 0.5) is 0 Å². The van der Waals surface area contributed by atoms with E-state index in [2.05, 4.69) is 4.98 Å². The molecule has 0 atom stereocenters. The van der Waals surface area contributed by atoms with Gasteiger partial charge >= 0.3 is 0 Å². The number of carbonyl (C=O) groups excluding carboxylic acids is 1. The van der Waals surface area contributed by atoms with E-state index >= 15 is 0 Å². The third-order valence-corrected chi connectivity index (χ3v) is 4.32. The van der Waals surface area contributed by atoms with Gasteiger partial charge in [0.25, 0.3) is 0 Å². The maximum atomic E-state index is 12.8. The van der Waals surface area contributed by atoms with Gasteiger partial charge in [-0.15, -0.1) is 0 Å². The third kappa shape index (κ3) is 2.46. The summed E-state index contributed by atoms with van der Waals surface area (Å²) in [7, 11) is 0. The zero-order valence-corrected chi connectivity index (χ0v) is 12.4. The predicted molar refractivity (Wildman–Crippen MR) is 82.9 cm³/mol. The normalized spacial score (nSPS) is 11.8. The molecule has 0 aliphatic rings. The van der Waals surface area contributed by atoms with Crippen molar-refractivity contribution < 1.29 is 4.79 Å². The Balaban J connectivity index is 2.47. The van der Waals surface area contributed by atoms with Crippen molar-refractivity contribution in [2.24, 2.45) is 11.1 Å². The Morgan fingerprint density at radius 2 is 1.90 bits per heavy atom. The van der Waals surface area contributed by atoms with Gasteiger partial charge in [0.1, 0.15) is 0 Å². The van der Waals surface area contributed by atoms with Gasteiger partial charge < -0.3 is 5.73 Å². The van der Waals surface area contributed by atoms with Crippen molar-refractivity contribution in [3.05, 3.63) is 41.6 Å². The van der Waals surface area contributed by atoms with Gasteiger partial charge in [0.2, 0.25) is 0 Å². The molecule has 2 rings (SSSR count). The Bertz CT molecular complexity index is 622. The second kappa shape index (κ2) is 5.71. The smallest absolute Gasteiger partial charge is 0.170 e. The molecule has 0 fully saturated rings. The van der Waals surface area contributed by atoms with Crippen LogP contribution in [0.15, 0.2) is 30.3 Å². The highest BCUT2D eigenvalue weighted by molar-refractivity contribution is 6.03. The molecule has 1 aromatic heterocycles. The molecule has 0 saturated carbocycles. The van der Waals surface area contributed by atoms with Crippen molar-refractivity contribution >= 4 is 16.7 Å². The third-order valence-electron chi connectivity index (χ3n) is 4.32. The molecule has 0 aliphatic carbocycles. The Morgan fingerprint density at radius 1 is 1.20 bits per heavy atom. The second-order valence-electron chi connectivity index (χ2n) is 5.38. The quantitative estimate of drug-likeness (QED) is 0.846. The van der Waals surface area contributed by atoms with Crippen LogP contribution in [-0.4, -0.2) is 17.3 Å². The number of hydrogen-bond acceptors (Lipinski definition) is 3. The Kier molecular flexibility index (Phi) is 4.19. The summed E-state index contributed by atoms with van der Waals surface area (Å²) in [4.78, 5) is 17.2. The van der Waals surface area contributed by atoms with E-state index in [4.69, 9.17) is 5.73 Å². The fourth-order valence-corrected chi connectivity index (χ4v) is 2.63. The van der Waals surface area contributed by atoms with Crippen molar-refractivity contribution in [1.29, 1.82) is 0 Å². The Hall–Kier alpha value is -1.74. The summed E-state index contributed by atoms with van der Waals surface area (Å²) >= 11 is 0. The molecular weight excluding hydrogens is 248 g/mol. The number of fused-ring (bicyclic) bond motifs is 1. The number of benzene rings is 1. The summed E-state index contributed by atoms with van der Waals surface area (Å²) in [5, 5.41) is 1.000. The summed E-state index contributed by atoms with van der Waals surface area (Å²) in [5.41, 5.74) is 8.07. The minimum Gasteiger partial charge on any atom is -0.329 e. The van der Waals surface area contributed by atoms with E-state index in [0.29, 0.717) is 6.54 Å². The number of ketones is 1. The molecule has 0 bridgehead atoms. The summed E-state index contributed by atoms with van der Waals surface area (Å²) in [6.07, 6.45) is 1.53. The van der Waals surface area contributed by atoms with Gasteiger partial charge in [-0.3, -0.25) is 9.78 Å². The molecule has 3 heteroatoms. The molecule has 0 unspecified atom stereocenters. The molecule has 20 heavy (non-hydrogen) atoms. The molecule has 0 radical (unpaired) electrons. The summed E-state index contributed by atoms with van der Waals surface area (Å²) in [5.74, 6) is 0.146. The molecule has 1 heterocycles. The monoisotopic (exact) mass is 270 g/mol. The van der Waals surface area contributed by atoms with E-state index in [1.807, 2.05) is 51.1 Å². The molecule has 0 amide bonds. The molecule has 3 nitrogen and oxygen atoms in total. The molecule has 1 aromatic carbocycles. The predicted octanol–water partition coefficient (Wildman–Crippen LogP) is 3.49. The van der Waals surface area contributed by atoms with Gasteiger partial charge in [-0.1, -0.05) is 19.9 Å². The number of nitrogens with zero attached hydrogens (tertiary/aromatic N) is 1. The van der Waals surface area contributed by atoms with Crippen LogP contribution in [-0.2, 0) is 0 Å². The van der Waals surface area contributed by atoms with Gasteiger partial charge in [0.05, 0.1) is 5.52 Å². The second-order valence-corrected chi connectivity index (χ2v) is 5.38. The van der Waals surface area contributed by atoms with E-state index < -0.39 is 5.41 Å². The highest BCUT2D eigenvalue weighted by Crippen LogP contribution is 2.30. The topological polar surface area (TPSA) is 56.0 Å². The first-order chi connectivity index (χ1) is 9.56. The zero-order valence-electron chi connectivity index (χ0n) is 12.4. The van der Waals surface area contributed by atoms with Crippen LogP contribution in [0.5, 0.6) is 0 Å². The lowest BCUT2D eigenvalue weighted by Crippen LogP contribution is -2.37. The van der Waals surface area contributed by atoms with Crippen LogP contribution in [0.3, 0.4) is 0 Å². The number of aryl methyl sites for hydroxylation is 1. The van der Waals surface area contributed by atoms with Crippen LogP contribution < -0.4 is 5.73 Å². The van der Waals surface area contributed by atoms with Crippen LogP contribution in [0.25, 0.3) is 10.9 Å².